The molecular weight excluding hydrogens is 493 g/mol. The van der Waals surface area contributed by atoms with Gasteiger partial charge in [-0.3, -0.25) is 9.67 Å². The van der Waals surface area contributed by atoms with Crippen molar-refractivity contribution in [3.8, 4) is 0 Å². The van der Waals surface area contributed by atoms with Crippen LogP contribution < -0.4 is 20.3 Å². The normalized spacial score (nSPS) is 18.5. The lowest BCUT2D eigenvalue weighted by molar-refractivity contribution is 0.454. The van der Waals surface area contributed by atoms with Crippen LogP contribution in [0.25, 0.3) is 0 Å². The molecule has 2 heterocycles. The van der Waals surface area contributed by atoms with Gasteiger partial charge in [0.2, 0.25) is 10.0 Å². The maximum atomic E-state index is 11.5. The third-order valence-corrected chi connectivity index (χ3v) is 5.18. The van der Waals surface area contributed by atoms with E-state index < -0.39 is 15.6 Å². The molecule has 0 radical (unpaired) electrons. The molecule has 0 aliphatic carbocycles. The van der Waals surface area contributed by atoms with Gasteiger partial charge in [0.05, 0.1) is 24.7 Å². The number of piperidine rings is 1. The van der Waals surface area contributed by atoms with Crippen LogP contribution in [0.15, 0.2) is 17.4 Å². The number of aryl methyl sites for hydroxylation is 1. The van der Waals surface area contributed by atoms with Gasteiger partial charge in [-0.25, -0.2) is 13.1 Å². The number of halogens is 1. The molecule has 1 aliphatic heterocycles. The van der Waals surface area contributed by atoms with Crippen LogP contribution in [0, 0.1) is 0 Å². The van der Waals surface area contributed by atoms with Crippen LogP contribution in [0.4, 0.5) is 5.69 Å². The number of hydrogen-bond donors (Lipinski definition) is 3. The smallest absolute Gasteiger partial charge is 0.209 e. The highest BCUT2D eigenvalue weighted by Crippen LogP contribution is 2.19. The number of sulfonamides is 1. The zero-order valence-electron chi connectivity index (χ0n) is 17.4. The summed E-state index contributed by atoms with van der Waals surface area (Å²) in [5, 5.41) is 11.0. The van der Waals surface area contributed by atoms with Gasteiger partial charge in [0.25, 0.3) is 0 Å². The van der Waals surface area contributed by atoms with Gasteiger partial charge in [0, 0.05) is 44.5 Å². The molecule has 3 N–H and O–H groups in total. The van der Waals surface area contributed by atoms with Crippen LogP contribution in [0.5, 0.6) is 0 Å². The zero-order valence-corrected chi connectivity index (χ0v) is 20.5. The average molecular weight is 527 g/mol. The SMILES string of the molecule is CCNC(=NCC(C)(C)NS(C)(=O)=O)NC1CCCN(c2cnn(C)c2)C1.I. The average Bonchev–Trinajstić information content (AvgIpc) is 2.98. The standard InChI is InChI=1S/C17H33N7O2S.HI/c1-6-18-16(19-13-17(2,3)22-27(5,25)26)21-14-8-7-9-24(11-14)15-10-20-23(4)12-15;/h10,12,14,22H,6-9,11,13H2,1-5H3,(H2,18,19,21);1H. The Labute approximate surface area is 185 Å². The van der Waals surface area contributed by atoms with Gasteiger partial charge in [0.1, 0.15) is 0 Å². The predicted octanol–water partition coefficient (Wildman–Crippen LogP) is 0.890. The monoisotopic (exact) mass is 527 g/mol. The van der Waals surface area contributed by atoms with Crippen LogP contribution in [-0.2, 0) is 17.1 Å². The van der Waals surface area contributed by atoms with Crippen molar-refractivity contribution in [1.29, 1.82) is 0 Å². The summed E-state index contributed by atoms with van der Waals surface area (Å²) in [5.74, 6) is 0.707. The number of rotatable bonds is 7. The largest absolute Gasteiger partial charge is 0.367 e. The number of aliphatic imine (C=N–C) groups is 1. The highest BCUT2D eigenvalue weighted by molar-refractivity contribution is 14.0. The molecule has 1 aromatic rings. The lowest BCUT2D eigenvalue weighted by Crippen LogP contribution is -2.52. The second kappa shape index (κ2) is 10.6. The Bertz CT molecular complexity index is 748. The van der Waals surface area contributed by atoms with E-state index in [0.29, 0.717) is 12.5 Å². The summed E-state index contributed by atoms with van der Waals surface area (Å²) in [6.07, 6.45) is 7.23. The van der Waals surface area contributed by atoms with E-state index in [2.05, 4.69) is 30.3 Å². The van der Waals surface area contributed by atoms with E-state index >= 15 is 0 Å². The topological polar surface area (TPSA) is 104 Å². The van der Waals surface area contributed by atoms with E-state index in [0.717, 1.165) is 44.4 Å². The number of anilines is 1. The van der Waals surface area contributed by atoms with Crippen molar-refractivity contribution in [2.75, 3.05) is 37.3 Å². The molecule has 0 bridgehead atoms. The molecule has 1 saturated heterocycles. The molecular formula is C17H34IN7O2S. The van der Waals surface area contributed by atoms with Crippen molar-refractivity contribution in [2.24, 2.45) is 12.0 Å². The fourth-order valence-corrected chi connectivity index (χ4v) is 4.29. The molecule has 0 aromatic carbocycles. The first-order chi connectivity index (χ1) is 12.6. The molecule has 1 aliphatic rings. The van der Waals surface area contributed by atoms with Gasteiger partial charge >= 0.3 is 0 Å². The lowest BCUT2D eigenvalue weighted by Gasteiger charge is -2.34. The van der Waals surface area contributed by atoms with Crippen molar-refractivity contribution in [3.63, 3.8) is 0 Å². The minimum atomic E-state index is -3.28. The van der Waals surface area contributed by atoms with Crippen molar-refractivity contribution in [2.45, 2.75) is 45.2 Å². The van der Waals surface area contributed by atoms with Crippen molar-refractivity contribution < 1.29 is 8.42 Å². The molecule has 1 aromatic heterocycles. The Morgan fingerprint density at radius 2 is 2.14 bits per heavy atom. The van der Waals surface area contributed by atoms with Crippen molar-refractivity contribution >= 4 is 45.6 Å². The summed E-state index contributed by atoms with van der Waals surface area (Å²) in [6, 6.07) is 0.266. The second-order valence-corrected chi connectivity index (χ2v) is 9.50. The van der Waals surface area contributed by atoms with E-state index in [-0.39, 0.29) is 30.0 Å². The van der Waals surface area contributed by atoms with E-state index in [4.69, 9.17) is 0 Å². The summed E-state index contributed by atoms with van der Waals surface area (Å²) in [5.41, 5.74) is 0.481. The summed E-state index contributed by atoms with van der Waals surface area (Å²) < 4.78 is 27.4. The fraction of sp³-hybridized carbons (Fsp3) is 0.765. The molecule has 0 spiro atoms. The van der Waals surface area contributed by atoms with Crippen LogP contribution in [0.2, 0.25) is 0 Å². The lowest BCUT2D eigenvalue weighted by atomic mass is 10.1. The fourth-order valence-electron chi connectivity index (χ4n) is 3.23. The van der Waals surface area contributed by atoms with Gasteiger partial charge in [-0.1, -0.05) is 0 Å². The first kappa shape index (κ1) is 25.0. The summed E-state index contributed by atoms with van der Waals surface area (Å²) in [6.45, 7) is 8.64. The van der Waals surface area contributed by atoms with E-state index in [1.807, 2.05) is 44.9 Å². The number of hydrogen-bond acceptors (Lipinski definition) is 5. The molecule has 0 amide bonds. The zero-order chi connectivity index (χ0) is 20.1. The predicted molar refractivity (Wildman–Crippen MR) is 125 cm³/mol. The van der Waals surface area contributed by atoms with Crippen LogP contribution in [0.1, 0.15) is 33.6 Å². The highest BCUT2D eigenvalue weighted by Gasteiger charge is 2.24. The third-order valence-electron chi connectivity index (χ3n) is 4.26. The Balaban J connectivity index is 0.00000392. The first-order valence-electron chi connectivity index (χ1n) is 9.35. The molecule has 1 unspecified atom stereocenters. The quantitative estimate of drug-likeness (QED) is 0.277. The summed E-state index contributed by atoms with van der Waals surface area (Å²) in [4.78, 5) is 6.92. The summed E-state index contributed by atoms with van der Waals surface area (Å²) >= 11 is 0. The van der Waals surface area contributed by atoms with Crippen molar-refractivity contribution in [1.82, 2.24) is 25.1 Å². The van der Waals surface area contributed by atoms with Gasteiger partial charge in [-0.05, 0) is 33.6 Å². The Morgan fingerprint density at radius 1 is 1.43 bits per heavy atom. The van der Waals surface area contributed by atoms with Crippen LogP contribution >= 0.6 is 24.0 Å². The minimum Gasteiger partial charge on any atom is -0.367 e. The molecule has 28 heavy (non-hydrogen) atoms. The van der Waals surface area contributed by atoms with Gasteiger partial charge < -0.3 is 15.5 Å². The maximum Gasteiger partial charge on any atom is 0.209 e. The third kappa shape index (κ3) is 8.52. The van der Waals surface area contributed by atoms with Crippen LogP contribution in [-0.4, -0.2) is 68.2 Å². The van der Waals surface area contributed by atoms with E-state index in [9.17, 15) is 8.42 Å². The summed E-state index contributed by atoms with van der Waals surface area (Å²) in [7, 11) is -1.36. The Morgan fingerprint density at radius 3 is 2.71 bits per heavy atom. The Hall–Kier alpha value is -1.08. The first-order valence-corrected chi connectivity index (χ1v) is 11.2. The minimum absolute atomic E-state index is 0. The van der Waals surface area contributed by atoms with Gasteiger partial charge in [-0.15, -0.1) is 24.0 Å². The molecule has 1 fully saturated rings. The number of aromatic nitrogens is 2. The number of nitrogens with one attached hydrogen (secondary N) is 3. The number of nitrogens with zero attached hydrogens (tertiary/aromatic N) is 4. The maximum absolute atomic E-state index is 11.5. The van der Waals surface area contributed by atoms with Crippen LogP contribution in [0.3, 0.4) is 0 Å². The molecule has 11 heteroatoms. The van der Waals surface area contributed by atoms with Gasteiger partial charge in [-0.2, -0.15) is 5.10 Å². The van der Waals surface area contributed by atoms with E-state index in [1.54, 1.807) is 0 Å². The molecule has 0 saturated carbocycles. The molecule has 1 atom stereocenters. The number of guanidine groups is 1. The Kier molecular flexibility index (Phi) is 9.47. The molecule has 9 nitrogen and oxygen atoms in total. The molecule has 2 rings (SSSR count). The van der Waals surface area contributed by atoms with E-state index in [1.165, 1.54) is 0 Å². The second-order valence-electron chi connectivity index (χ2n) is 7.75. The highest BCUT2D eigenvalue weighted by atomic mass is 127. The van der Waals surface area contributed by atoms with Crippen molar-refractivity contribution in [3.05, 3.63) is 12.4 Å². The molecule has 162 valence electrons. The van der Waals surface area contributed by atoms with Gasteiger partial charge in [0.15, 0.2) is 5.96 Å².